The first-order valence-electron chi connectivity index (χ1n) is 6.93. The first-order valence-corrected chi connectivity index (χ1v) is 6.93. The number of hydrogen-bond acceptors (Lipinski definition) is 4. The van der Waals surface area contributed by atoms with E-state index in [-0.39, 0.29) is 10.6 Å². The molecule has 1 fully saturated rings. The monoisotopic (exact) mass is 271 g/mol. The van der Waals surface area contributed by atoms with Crippen LogP contribution in [0.25, 0.3) is 10.9 Å². The van der Waals surface area contributed by atoms with Gasteiger partial charge in [0.05, 0.1) is 10.4 Å². The normalized spacial score (nSPS) is 15.1. The van der Waals surface area contributed by atoms with Gasteiger partial charge in [-0.15, -0.1) is 0 Å². The third-order valence-electron chi connectivity index (χ3n) is 3.94. The van der Waals surface area contributed by atoms with E-state index in [2.05, 4.69) is 10.3 Å². The summed E-state index contributed by atoms with van der Waals surface area (Å²) in [6.45, 7) is 2.87. The van der Waals surface area contributed by atoms with E-state index in [1.54, 1.807) is 12.1 Å². The molecule has 0 amide bonds. The molecule has 0 unspecified atom stereocenters. The average molecular weight is 271 g/mol. The quantitative estimate of drug-likeness (QED) is 0.680. The lowest BCUT2D eigenvalue weighted by atomic mass is 9.85. The van der Waals surface area contributed by atoms with Crippen molar-refractivity contribution in [2.75, 3.05) is 11.9 Å². The molecule has 0 saturated heterocycles. The van der Waals surface area contributed by atoms with Crippen LogP contribution in [0, 0.1) is 23.0 Å². The largest absolute Gasteiger partial charge is 0.384 e. The van der Waals surface area contributed by atoms with E-state index in [9.17, 15) is 10.1 Å². The number of rotatable bonds is 4. The van der Waals surface area contributed by atoms with Gasteiger partial charge < -0.3 is 5.32 Å². The van der Waals surface area contributed by atoms with Gasteiger partial charge in [0.1, 0.15) is 0 Å². The smallest absolute Gasteiger partial charge is 0.270 e. The van der Waals surface area contributed by atoms with Crippen LogP contribution >= 0.6 is 0 Å². The number of aromatic nitrogens is 1. The van der Waals surface area contributed by atoms with Crippen molar-refractivity contribution < 1.29 is 4.92 Å². The predicted octanol–water partition coefficient (Wildman–Crippen LogP) is 3.66. The molecule has 1 aromatic heterocycles. The number of nitro groups is 1. The number of aryl methyl sites for hydroxylation is 1. The molecule has 1 aromatic carbocycles. The maximum Gasteiger partial charge on any atom is 0.270 e. The highest BCUT2D eigenvalue weighted by molar-refractivity contribution is 5.93. The summed E-state index contributed by atoms with van der Waals surface area (Å²) in [5.41, 5.74) is 2.77. The Balaban J connectivity index is 1.98. The van der Waals surface area contributed by atoms with Crippen molar-refractivity contribution in [3.8, 4) is 0 Å². The van der Waals surface area contributed by atoms with E-state index in [0.717, 1.165) is 34.7 Å². The number of hydrogen-bond donors (Lipinski definition) is 1. The van der Waals surface area contributed by atoms with Crippen LogP contribution in [-0.2, 0) is 0 Å². The van der Waals surface area contributed by atoms with Crippen LogP contribution in [0.3, 0.4) is 0 Å². The molecule has 2 aromatic rings. The molecule has 1 heterocycles. The van der Waals surface area contributed by atoms with Crippen molar-refractivity contribution >= 4 is 22.3 Å². The fraction of sp³-hybridized carbons (Fsp3) is 0.400. The summed E-state index contributed by atoms with van der Waals surface area (Å²) in [7, 11) is 0. The van der Waals surface area contributed by atoms with Gasteiger partial charge in [-0.1, -0.05) is 6.42 Å². The van der Waals surface area contributed by atoms with E-state index in [4.69, 9.17) is 0 Å². The number of benzene rings is 1. The highest BCUT2D eigenvalue weighted by Gasteiger charge is 2.17. The van der Waals surface area contributed by atoms with E-state index in [0.29, 0.717) is 0 Å². The van der Waals surface area contributed by atoms with Crippen LogP contribution in [0.4, 0.5) is 11.4 Å². The third kappa shape index (κ3) is 2.43. The lowest BCUT2D eigenvalue weighted by molar-refractivity contribution is -0.384. The Labute approximate surface area is 117 Å². The average Bonchev–Trinajstić information content (AvgIpc) is 2.36. The molecule has 0 spiro atoms. The molecule has 0 aliphatic heterocycles. The lowest BCUT2D eigenvalue weighted by Gasteiger charge is -2.26. The van der Waals surface area contributed by atoms with Crippen LogP contribution in [0.1, 0.15) is 25.0 Å². The van der Waals surface area contributed by atoms with Crippen LogP contribution < -0.4 is 5.32 Å². The maximum absolute atomic E-state index is 10.9. The molecule has 1 saturated carbocycles. The number of fused-ring (bicyclic) bond motifs is 1. The molecule has 1 aliphatic carbocycles. The van der Waals surface area contributed by atoms with Crippen LogP contribution in [0.5, 0.6) is 0 Å². The zero-order valence-corrected chi connectivity index (χ0v) is 11.4. The fourth-order valence-corrected chi connectivity index (χ4v) is 2.56. The van der Waals surface area contributed by atoms with Gasteiger partial charge in [0.15, 0.2) is 0 Å². The van der Waals surface area contributed by atoms with Crippen molar-refractivity contribution in [2.45, 2.75) is 26.2 Å². The maximum atomic E-state index is 10.9. The molecular formula is C15H17N3O2. The standard InChI is InChI=1S/C15H17N3O2/c1-10-7-15(16-9-11-3-2-4-11)13-8-12(18(19)20)5-6-14(13)17-10/h5-8,11H,2-4,9H2,1H3,(H,16,17). The summed E-state index contributed by atoms with van der Waals surface area (Å²) >= 11 is 0. The van der Waals surface area contributed by atoms with Gasteiger partial charge in [0.2, 0.25) is 0 Å². The molecule has 1 aliphatic rings. The molecule has 0 bridgehead atoms. The van der Waals surface area contributed by atoms with Crippen molar-refractivity contribution in [1.29, 1.82) is 0 Å². The van der Waals surface area contributed by atoms with Crippen molar-refractivity contribution in [2.24, 2.45) is 5.92 Å². The first kappa shape index (κ1) is 12.8. The fourth-order valence-electron chi connectivity index (χ4n) is 2.56. The van der Waals surface area contributed by atoms with Crippen LogP contribution in [0.2, 0.25) is 0 Å². The summed E-state index contributed by atoms with van der Waals surface area (Å²) < 4.78 is 0. The molecule has 5 heteroatoms. The van der Waals surface area contributed by atoms with Gasteiger partial charge in [-0.25, -0.2) is 0 Å². The van der Waals surface area contributed by atoms with Crippen molar-refractivity contribution in [3.05, 3.63) is 40.1 Å². The molecule has 5 nitrogen and oxygen atoms in total. The Bertz CT molecular complexity index is 665. The lowest BCUT2D eigenvalue weighted by Crippen LogP contribution is -2.21. The molecular weight excluding hydrogens is 254 g/mol. The van der Waals surface area contributed by atoms with E-state index in [1.807, 2.05) is 13.0 Å². The second-order valence-corrected chi connectivity index (χ2v) is 5.45. The minimum atomic E-state index is -0.366. The highest BCUT2D eigenvalue weighted by atomic mass is 16.6. The SMILES string of the molecule is Cc1cc(NCC2CCC2)c2cc([N+](=O)[O-])ccc2n1. The summed E-state index contributed by atoms with van der Waals surface area (Å²) in [6.07, 6.45) is 3.86. The van der Waals surface area contributed by atoms with Crippen LogP contribution in [0.15, 0.2) is 24.3 Å². The minimum absolute atomic E-state index is 0.106. The summed E-state index contributed by atoms with van der Waals surface area (Å²) in [6, 6.07) is 6.79. The first-order chi connectivity index (χ1) is 9.63. The molecule has 0 radical (unpaired) electrons. The zero-order chi connectivity index (χ0) is 14.1. The van der Waals surface area contributed by atoms with Crippen molar-refractivity contribution in [1.82, 2.24) is 4.98 Å². The Kier molecular flexibility index (Phi) is 3.26. The molecule has 104 valence electrons. The van der Waals surface area contributed by atoms with Crippen LogP contribution in [-0.4, -0.2) is 16.5 Å². The Morgan fingerprint density at radius 3 is 2.85 bits per heavy atom. The van der Waals surface area contributed by atoms with Gasteiger partial charge >= 0.3 is 0 Å². The number of anilines is 1. The topological polar surface area (TPSA) is 68.1 Å². The van der Waals surface area contributed by atoms with Gasteiger partial charge in [0, 0.05) is 35.4 Å². The zero-order valence-electron chi connectivity index (χ0n) is 11.4. The van der Waals surface area contributed by atoms with Gasteiger partial charge in [-0.3, -0.25) is 15.1 Å². The number of nitrogens with zero attached hydrogens (tertiary/aromatic N) is 2. The van der Waals surface area contributed by atoms with Gasteiger partial charge in [0.25, 0.3) is 5.69 Å². The second kappa shape index (κ2) is 5.07. The Morgan fingerprint density at radius 2 is 2.20 bits per heavy atom. The number of nitro benzene ring substituents is 1. The number of pyridine rings is 1. The third-order valence-corrected chi connectivity index (χ3v) is 3.94. The van der Waals surface area contributed by atoms with E-state index < -0.39 is 0 Å². The predicted molar refractivity (Wildman–Crippen MR) is 79.0 cm³/mol. The Morgan fingerprint density at radius 1 is 1.40 bits per heavy atom. The van der Waals surface area contributed by atoms with E-state index >= 15 is 0 Å². The molecule has 20 heavy (non-hydrogen) atoms. The highest BCUT2D eigenvalue weighted by Crippen LogP contribution is 2.30. The summed E-state index contributed by atoms with van der Waals surface area (Å²) in [4.78, 5) is 15.0. The minimum Gasteiger partial charge on any atom is -0.384 e. The molecule has 3 rings (SSSR count). The Hall–Kier alpha value is -2.17. The molecule has 1 N–H and O–H groups in total. The number of non-ortho nitro benzene ring substituents is 1. The second-order valence-electron chi connectivity index (χ2n) is 5.45. The van der Waals surface area contributed by atoms with Gasteiger partial charge in [-0.05, 0) is 37.8 Å². The summed E-state index contributed by atoms with van der Waals surface area (Å²) in [5, 5.41) is 15.2. The molecule has 0 atom stereocenters. The summed E-state index contributed by atoms with van der Waals surface area (Å²) in [5.74, 6) is 0.734. The van der Waals surface area contributed by atoms with Gasteiger partial charge in [-0.2, -0.15) is 0 Å². The van der Waals surface area contributed by atoms with Crippen molar-refractivity contribution in [3.63, 3.8) is 0 Å². The number of nitrogens with one attached hydrogen (secondary N) is 1. The van der Waals surface area contributed by atoms with E-state index in [1.165, 1.54) is 25.3 Å².